The third kappa shape index (κ3) is 7.45. The number of carbonyl (C=O) groups is 1. The summed E-state index contributed by atoms with van der Waals surface area (Å²) < 4.78 is 48.4. The number of thiazole rings is 1. The minimum absolute atomic E-state index is 0.00752. The number of nitrogens with zero attached hydrogens (tertiary/aromatic N) is 2. The summed E-state index contributed by atoms with van der Waals surface area (Å²) in [5.41, 5.74) is 1.63. The Morgan fingerprint density at radius 2 is 1.89 bits per heavy atom. The van der Waals surface area contributed by atoms with E-state index in [9.17, 15) is 18.3 Å². The Labute approximate surface area is 280 Å². The van der Waals surface area contributed by atoms with E-state index in [0.717, 1.165) is 53.0 Å². The minimum atomic E-state index is -4.00. The highest BCUT2D eigenvalue weighted by atomic mass is 32.2. The Morgan fingerprint density at radius 1 is 1.11 bits per heavy atom. The Kier molecular flexibility index (Phi) is 9.47. The highest BCUT2D eigenvalue weighted by molar-refractivity contribution is 7.89. The second-order valence-corrected chi connectivity index (χ2v) is 16.8. The second kappa shape index (κ2) is 13.6. The molecule has 2 saturated carbocycles. The number of aromatic nitrogens is 1. The first-order valence-corrected chi connectivity index (χ1v) is 19.0. The van der Waals surface area contributed by atoms with E-state index in [1.54, 1.807) is 18.2 Å². The summed E-state index contributed by atoms with van der Waals surface area (Å²) in [5.74, 6) is 0.359. The lowest BCUT2D eigenvalue weighted by molar-refractivity contribution is -0.139. The number of carbonyl (C=O) groups excluding carboxylic acids is 1. The lowest BCUT2D eigenvalue weighted by Gasteiger charge is -2.32. The van der Waals surface area contributed by atoms with Crippen molar-refractivity contribution in [1.29, 1.82) is 0 Å². The highest BCUT2D eigenvalue weighted by Gasteiger charge is 2.50. The lowest BCUT2D eigenvalue weighted by atomic mass is 9.96. The van der Waals surface area contributed by atoms with Gasteiger partial charge in [-0.2, -0.15) is 4.31 Å². The monoisotopic (exact) mass is 684 g/mol. The van der Waals surface area contributed by atoms with Crippen LogP contribution in [0.25, 0.3) is 10.2 Å². The molecule has 0 radical (unpaired) electrons. The number of fused-ring (bicyclic) bond motifs is 3. The van der Waals surface area contributed by atoms with Gasteiger partial charge in [-0.05, 0) is 68.2 Å². The molecule has 3 saturated heterocycles. The van der Waals surface area contributed by atoms with Gasteiger partial charge in [-0.3, -0.25) is 0 Å². The summed E-state index contributed by atoms with van der Waals surface area (Å²) in [5, 5.41) is 18.8. The van der Waals surface area contributed by atoms with Crippen LogP contribution in [0.1, 0.15) is 51.5 Å². The minimum Gasteiger partial charge on any atom is -0.443 e. The van der Waals surface area contributed by atoms with Crippen LogP contribution in [0.15, 0.2) is 53.4 Å². The number of sulfonamides is 1. The van der Waals surface area contributed by atoms with Crippen molar-refractivity contribution in [2.75, 3.05) is 25.0 Å². The number of benzene rings is 2. The number of hydrogen-bond acceptors (Lipinski definition) is 10. The number of amides is 1. The molecule has 1 aromatic heterocycles. The van der Waals surface area contributed by atoms with E-state index < -0.39 is 34.4 Å². The van der Waals surface area contributed by atoms with Crippen LogP contribution >= 0.6 is 11.3 Å². The van der Waals surface area contributed by atoms with Crippen LogP contribution in [-0.2, 0) is 30.7 Å². The van der Waals surface area contributed by atoms with E-state index >= 15 is 0 Å². The fraction of sp³-hybridized carbons (Fsp3) is 0.588. The molecule has 13 heteroatoms. The van der Waals surface area contributed by atoms with Crippen molar-refractivity contribution in [2.24, 2.45) is 17.8 Å². The van der Waals surface area contributed by atoms with Crippen LogP contribution in [0.2, 0.25) is 0 Å². The van der Waals surface area contributed by atoms with E-state index in [4.69, 9.17) is 14.2 Å². The molecule has 7 atom stereocenters. The van der Waals surface area contributed by atoms with E-state index in [2.05, 4.69) is 15.6 Å². The Balaban J connectivity index is 1.09. The summed E-state index contributed by atoms with van der Waals surface area (Å²) in [6.07, 6.45) is 2.43. The fourth-order valence-corrected chi connectivity index (χ4v) is 9.71. The van der Waals surface area contributed by atoms with Gasteiger partial charge in [0.25, 0.3) is 0 Å². The van der Waals surface area contributed by atoms with Gasteiger partial charge in [-0.25, -0.2) is 18.2 Å². The molecule has 5 unspecified atom stereocenters. The topological polar surface area (TPSA) is 139 Å². The molecule has 11 nitrogen and oxygen atoms in total. The molecular formula is C34H44N4O7S2. The first-order chi connectivity index (χ1) is 22.6. The Morgan fingerprint density at radius 3 is 2.66 bits per heavy atom. The number of aliphatic hydroxyl groups excluding tert-OH is 1. The Bertz CT molecular complexity index is 1650. The number of nitrogens with one attached hydrogen (secondary N) is 2. The van der Waals surface area contributed by atoms with Crippen LogP contribution < -0.4 is 10.6 Å². The zero-order valence-electron chi connectivity index (χ0n) is 26.8. The average molecular weight is 685 g/mol. The molecule has 4 bridgehead atoms. The maximum absolute atomic E-state index is 14.1. The third-order valence-corrected chi connectivity index (χ3v) is 12.4. The molecule has 47 heavy (non-hydrogen) atoms. The maximum atomic E-state index is 14.1. The van der Waals surface area contributed by atoms with Gasteiger partial charge in [-0.1, -0.05) is 55.5 Å². The predicted octanol–water partition coefficient (Wildman–Crippen LogP) is 4.76. The molecule has 1 amide bonds. The third-order valence-electron chi connectivity index (χ3n) is 9.61. The van der Waals surface area contributed by atoms with E-state index in [-0.39, 0.29) is 48.6 Å². The summed E-state index contributed by atoms with van der Waals surface area (Å²) >= 11 is 1.44. The molecule has 5 aliphatic rings. The lowest BCUT2D eigenvalue weighted by Crippen LogP contribution is -2.52. The molecule has 254 valence electrons. The quantitative estimate of drug-likeness (QED) is 0.233. The molecule has 3 aromatic rings. The van der Waals surface area contributed by atoms with Crippen molar-refractivity contribution in [1.82, 2.24) is 14.6 Å². The molecular weight excluding hydrogens is 641 g/mol. The van der Waals surface area contributed by atoms with Crippen LogP contribution in [0, 0.1) is 17.8 Å². The van der Waals surface area contributed by atoms with Gasteiger partial charge >= 0.3 is 6.09 Å². The van der Waals surface area contributed by atoms with Crippen molar-refractivity contribution in [3.8, 4) is 0 Å². The summed E-state index contributed by atoms with van der Waals surface area (Å²) in [6, 6.07) is 14.1. The fourth-order valence-electron chi connectivity index (χ4n) is 7.01. The van der Waals surface area contributed by atoms with Gasteiger partial charge in [0, 0.05) is 31.0 Å². The van der Waals surface area contributed by atoms with Crippen molar-refractivity contribution >= 4 is 42.8 Å². The second-order valence-electron chi connectivity index (χ2n) is 13.9. The van der Waals surface area contributed by atoms with Crippen molar-refractivity contribution in [3.05, 3.63) is 54.1 Å². The van der Waals surface area contributed by atoms with Gasteiger partial charge in [0.05, 0.1) is 40.0 Å². The normalized spacial score (nSPS) is 26.8. The zero-order valence-corrected chi connectivity index (χ0v) is 28.4. The van der Waals surface area contributed by atoms with Gasteiger partial charge < -0.3 is 30.0 Å². The standard InChI is InChI=1S/C34H44N4O7S2/c1-20(2)17-38(47(41,42)25-12-13-26-30(16-25)46-33(36-26)35-24-10-11-24)18-28(39)27(14-21-6-4-3-5-7-21)37-34(40)45-31-23-9-8-22-15-29(31)44-32(22)43-19-23/h3-7,12-13,16,20,22-24,27-29,31-32,39H,8-11,14-15,17-19H2,1-2H3,(H,35,36)(H,37,40)/t22?,23?,27-,28+,29?,31?,32?/m0/s1. The van der Waals surface area contributed by atoms with Gasteiger partial charge in [-0.15, -0.1) is 0 Å². The first kappa shape index (κ1) is 32.7. The van der Waals surface area contributed by atoms with Gasteiger partial charge in [0.15, 0.2) is 11.4 Å². The molecule has 2 aromatic carbocycles. The SMILES string of the molecule is CC(C)CN(C[C@@H](O)[C@H](Cc1ccccc1)NC(=O)OC1C2CCC3CC1OC3OC2)S(=O)(=O)c1ccc2nc(NC3CC3)sc2c1. The summed E-state index contributed by atoms with van der Waals surface area (Å²) in [4.78, 5) is 18.2. The number of alkyl carbamates (subject to hydrolysis) is 1. The molecule has 2 aliphatic carbocycles. The number of ether oxygens (including phenoxy) is 3. The van der Waals surface area contributed by atoms with Crippen molar-refractivity contribution in [2.45, 2.75) is 94.0 Å². The number of anilines is 1. The predicted molar refractivity (Wildman–Crippen MR) is 179 cm³/mol. The van der Waals surface area contributed by atoms with Crippen LogP contribution in [0.5, 0.6) is 0 Å². The first-order valence-electron chi connectivity index (χ1n) is 16.8. The average Bonchev–Trinajstić information content (AvgIpc) is 3.74. The number of hydrogen-bond donors (Lipinski definition) is 3. The highest BCUT2D eigenvalue weighted by Crippen LogP contribution is 2.44. The van der Waals surface area contributed by atoms with Crippen molar-refractivity contribution in [3.63, 3.8) is 0 Å². The smallest absolute Gasteiger partial charge is 0.407 e. The Hall–Kier alpha value is -2.81. The van der Waals surface area contributed by atoms with E-state index in [0.29, 0.717) is 18.6 Å². The molecule has 0 spiro atoms. The zero-order chi connectivity index (χ0) is 32.7. The largest absolute Gasteiger partial charge is 0.443 e. The maximum Gasteiger partial charge on any atom is 0.407 e. The van der Waals surface area contributed by atoms with Gasteiger partial charge in [0.1, 0.15) is 6.10 Å². The molecule has 3 N–H and O–H groups in total. The number of rotatable bonds is 13. The van der Waals surface area contributed by atoms with E-state index in [1.807, 2.05) is 44.2 Å². The molecule has 3 aliphatic heterocycles. The van der Waals surface area contributed by atoms with Crippen LogP contribution in [0.3, 0.4) is 0 Å². The summed E-state index contributed by atoms with van der Waals surface area (Å²) in [7, 11) is -4.00. The van der Waals surface area contributed by atoms with Gasteiger partial charge in [0.2, 0.25) is 10.0 Å². The van der Waals surface area contributed by atoms with Crippen LogP contribution in [-0.4, -0.2) is 85.3 Å². The van der Waals surface area contributed by atoms with Crippen molar-refractivity contribution < 1.29 is 32.5 Å². The molecule has 8 rings (SSSR count). The molecule has 4 heterocycles. The number of aliphatic hydroxyl groups is 1. The van der Waals surface area contributed by atoms with E-state index in [1.165, 1.54) is 15.6 Å². The summed E-state index contributed by atoms with van der Waals surface area (Å²) in [6.45, 7) is 4.35. The molecule has 5 fully saturated rings. The van der Waals surface area contributed by atoms with Crippen LogP contribution in [0.4, 0.5) is 9.93 Å².